The highest BCUT2D eigenvalue weighted by Crippen LogP contribution is 2.21. The average molecular weight is 302 g/mol. The predicted octanol–water partition coefficient (Wildman–Crippen LogP) is -0.896. The van der Waals surface area contributed by atoms with Gasteiger partial charge in [0.2, 0.25) is 10.0 Å². The largest absolute Gasteiger partial charge is 0.391 e. The molecule has 0 aromatic carbocycles. The molecule has 0 bridgehead atoms. The van der Waals surface area contributed by atoms with Gasteiger partial charge in [0, 0.05) is 52.9 Å². The molecule has 2 rings (SSSR count). The van der Waals surface area contributed by atoms with Crippen LogP contribution in [-0.4, -0.2) is 71.6 Å². The molecule has 1 saturated heterocycles. The number of aliphatic hydroxyl groups excluding tert-OH is 1. The molecule has 20 heavy (non-hydrogen) atoms. The number of aromatic nitrogens is 2. The highest BCUT2D eigenvalue weighted by molar-refractivity contribution is 7.89. The van der Waals surface area contributed by atoms with Gasteiger partial charge >= 0.3 is 0 Å². The van der Waals surface area contributed by atoms with Crippen LogP contribution in [0.15, 0.2) is 12.3 Å². The minimum atomic E-state index is -3.28. The Labute approximate surface area is 119 Å². The van der Waals surface area contributed by atoms with E-state index in [0.717, 1.165) is 5.69 Å². The van der Waals surface area contributed by atoms with Gasteiger partial charge in [-0.3, -0.25) is 9.58 Å². The Morgan fingerprint density at radius 1 is 1.45 bits per heavy atom. The highest BCUT2D eigenvalue weighted by atomic mass is 32.2. The first kappa shape index (κ1) is 15.4. The normalized spacial score (nSPS) is 24.6. The fourth-order valence-electron chi connectivity index (χ4n) is 2.44. The van der Waals surface area contributed by atoms with Crippen molar-refractivity contribution in [1.82, 2.24) is 19.0 Å². The molecule has 1 aromatic heterocycles. The summed E-state index contributed by atoms with van der Waals surface area (Å²) in [5.41, 5.74) is 1.05. The van der Waals surface area contributed by atoms with Crippen molar-refractivity contribution in [3.63, 3.8) is 0 Å². The summed E-state index contributed by atoms with van der Waals surface area (Å²) in [5.74, 6) is -0.251. The van der Waals surface area contributed by atoms with Gasteiger partial charge in [-0.1, -0.05) is 0 Å². The van der Waals surface area contributed by atoms with E-state index in [1.165, 1.54) is 18.4 Å². The summed E-state index contributed by atoms with van der Waals surface area (Å²) < 4.78 is 26.8. The fraction of sp³-hybridized carbons (Fsp3) is 0.750. The van der Waals surface area contributed by atoms with E-state index in [4.69, 9.17) is 0 Å². The summed E-state index contributed by atoms with van der Waals surface area (Å²) >= 11 is 0. The first-order valence-electron chi connectivity index (χ1n) is 6.57. The first-order valence-corrected chi connectivity index (χ1v) is 8.18. The molecule has 1 aliphatic rings. The summed E-state index contributed by atoms with van der Waals surface area (Å²) in [6, 6.07) is 1.93. The molecule has 0 saturated carbocycles. The van der Waals surface area contributed by atoms with E-state index in [-0.39, 0.29) is 11.7 Å². The first-order chi connectivity index (χ1) is 9.29. The van der Waals surface area contributed by atoms with Crippen LogP contribution in [0.3, 0.4) is 0 Å². The van der Waals surface area contributed by atoms with E-state index in [0.29, 0.717) is 19.6 Å². The van der Waals surface area contributed by atoms with E-state index < -0.39 is 16.1 Å². The third-order valence-electron chi connectivity index (χ3n) is 3.77. The maximum absolute atomic E-state index is 11.9. The molecule has 114 valence electrons. The lowest BCUT2D eigenvalue weighted by Crippen LogP contribution is -2.33. The molecule has 0 amide bonds. The van der Waals surface area contributed by atoms with E-state index in [9.17, 15) is 13.5 Å². The lowest BCUT2D eigenvalue weighted by atomic mass is 10.1. The summed E-state index contributed by atoms with van der Waals surface area (Å²) in [5, 5.41) is 14.2. The van der Waals surface area contributed by atoms with E-state index in [1.807, 2.05) is 13.1 Å². The van der Waals surface area contributed by atoms with Crippen LogP contribution in [0.4, 0.5) is 0 Å². The van der Waals surface area contributed by atoms with Crippen molar-refractivity contribution in [2.24, 2.45) is 13.0 Å². The smallest absolute Gasteiger partial charge is 0.214 e. The Balaban J connectivity index is 1.97. The molecule has 8 heteroatoms. The zero-order valence-corrected chi connectivity index (χ0v) is 12.9. The summed E-state index contributed by atoms with van der Waals surface area (Å²) in [6.45, 7) is 1.75. The Bertz CT molecular complexity index is 555. The van der Waals surface area contributed by atoms with E-state index in [1.54, 1.807) is 10.9 Å². The molecular weight excluding hydrogens is 280 g/mol. The van der Waals surface area contributed by atoms with Crippen molar-refractivity contribution >= 4 is 10.0 Å². The zero-order chi connectivity index (χ0) is 14.9. The number of β-amino-alcohol motifs (C(OH)–C–C–N with tert-alkyl or cyclic N) is 1. The Morgan fingerprint density at radius 3 is 2.70 bits per heavy atom. The zero-order valence-electron chi connectivity index (χ0n) is 12.1. The minimum Gasteiger partial charge on any atom is -0.391 e. The third-order valence-corrected chi connectivity index (χ3v) is 5.73. The number of nitrogens with zero attached hydrogens (tertiary/aromatic N) is 4. The van der Waals surface area contributed by atoms with Gasteiger partial charge in [-0.25, -0.2) is 12.7 Å². The molecule has 1 aliphatic heterocycles. The average Bonchev–Trinajstić information content (AvgIpc) is 2.87. The third kappa shape index (κ3) is 3.38. The van der Waals surface area contributed by atoms with Gasteiger partial charge in [-0.05, 0) is 6.07 Å². The molecular formula is C12H22N4O3S. The van der Waals surface area contributed by atoms with Crippen LogP contribution in [-0.2, 0) is 23.6 Å². The Morgan fingerprint density at radius 2 is 2.15 bits per heavy atom. The number of hydrogen-bond donors (Lipinski definition) is 1. The summed E-state index contributed by atoms with van der Waals surface area (Å²) in [7, 11) is 1.63. The molecule has 1 N–H and O–H groups in total. The molecule has 0 aliphatic carbocycles. The molecule has 7 nitrogen and oxygen atoms in total. The van der Waals surface area contributed by atoms with Gasteiger partial charge in [0.25, 0.3) is 0 Å². The molecule has 1 fully saturated rings. The molecule has 2 atom stereocenters. The van der Waals surface area contributed by atoms with Crippen molar-refractivity contribution in [3.8, 4) is 0 Å². The summed E-state index contributed by atoms with van der Waals surface area (Å²) in [6.07, 6.45) is 1.13. The van der Waals surface area contributed by atoms with Gasteiger partial charge in [0.15, 0.2) is 0 Å². The van der Waals surface area contributed by atoms with E-state index in [2.05, 4.69) is 10.00 Å². The van der Waals surface area contributed by atoms with Crippen LogP contribution in [0.1, 0.15) is 5.69 Å². The lowest BCUT2D eigenvalue weighted by Gasteiger charge is -2.18. The Kier molecular flexibility index (Phi) is 4.48. The van der Waals surface area contributed by atoms with E-state index >= 15 is 0 Å². The lowest BCUT2D eigenvalue weighted by molar-refractivity contribution is 0.147. The van der Waals surface area contributed by atoms with Crippen LogP contribution in [0.25, 0.3) is 0 Å². The quantitative estimate of drug-likeness (QED) is 0.763. The number of hydrogen-bond acceptors (Lipinski definition) is 5. The number of aryl methyl sites for hydroxylation is 1. The van der Waals surface area contributed by atoms with Gasteiger partial charge in [-0.2, -0.15) is 5.10 Å². The second-order valence-electron chi connectivity index (χ2n) is 5.53. The Hall–Kier alpha value is -0.960. The van der Waals surface area contributed by atoms with Crippen molar-refractivity contribution in [2.45, 2.75) is 12.6 Å². The molecule has 0 unspecified atom stereocenters. The number of likely N-dealkylation sites (tertiary alicyclic amines) is 1. The van der Waals surface area contributed by atoms with Gasteiger partial charge < -0.3 is 5.11 Å². The fourth-order valence-corrected chi connectivity index (χ4v) is 3.61. The van der Waals surface area contributed by atoms with Crippen LogP contribution < -0.4 is 0 Å². The molecule has 2 heterocycles. The highest BCUT2D eigenvalue weighted by Gasteiger charge is 2.35. The minimum absolute atomic E-state index is 0.0109. The second kappa shape index (κ2) is 5.80. The number of sulfonamides is 1. The predicted molar refractivity (Wildman–Crippen MR) is 75.5 cm³/mol. The molecule has 1 aromatic rings. The summed E-state index contributed by atoms with van der Waals surface area (Å²) in [4.78, 5) is 2.07. The monoisotopic (exact) mass is 302 g/mol. The topological polar surface area (TPSA) is 78.7 Å². The SMILES string of the molecule is CN(C)S(=O)(=O)C[C@@H]1CN(Cc2ccnn2C)C[C@H]1O. The maximum Gasteiger partial charge on any atom is 0.214 e. The number of aliphatic hydroxyl groups is 1. The standard InChI is InChI=1S/C12H22N4O3S/c1-14(2)20(18,19)9-10-6-16(8-12(10)17)7-11-4-5-13-15(11)3/h4-5,10,12,17H,6-9H2,1-3H3/t10-,12+/m0/s1. The number of rotatable bonds is 5. The van der Waals surface area contributed by atoms with Crippen molar-refractivity contribution in [1.29, 1.82) is 0 Å². The van der Waals surface area contributed by atoms with Gasteiger partial charge in [-0.15, -0.1) is 0 Å². The van der Waals surface area contributed by atoms with Crippen molar-refractivity contribution < 1.29 is 13.5 Å². The van der Waals surface area contributed by atoms with Crippen molar-refractivity contribution in [3.05, 3.63) is 18.0 Å². The van der Waals surface area contributed by atoms with Gasteiger partial charge in [0.1, 0.15) is 0 Å². The molecule has 0 radical (unpaired) electrons. The van der Waals surface area contributed by atoms with Crippen LogP contribution in [0.5, 0.6) is 0 Å². The van der Waals surface area contributed by atoms with Crippen LogP contribution in [0, 0.1) is 5.92 Å². The van der Waals surface area contributed by atoms with Gasteiger partial charge in [0.05, 0.1) is 17.6 Å². The maximum atomic E-state index is 11.9. The molecule has 0 spiro atoms. The second-order valence-corrected chi connectivity index (χ2v) is 7.76. The van der Waals surface area contributed by atoms with Crippen LogP contribution in [0.2, 0.25) is 0 Å². The van der Waals surface area contributed by atoms with Crippen molar-refractivity contribution in [2.75, 3.05) is 32.9 Å². The van der Waals surface area contributed by atoms with Crippen LogP contribution >= 0.6 is 0 Å².